The first-order chi connectivity index (χ1) is 17.8. The molecule has 5 nitrogen and oxygen atoms in total. The molecule has 1 aliphatic rings. The second-order valence-corrected chi connectivity index (χ2v) is 11.1. The average Bonchev–Trinajstić information content (AvgIpc) is 3.24. The number of benzene rings is 3. The Balaban J connectivity index is 1.69. The molecular formula is C32H37N3O2. The van der Waals surface area contributed by atoms with Crippen LogP contribution in [-0.2, 0) is 6.42 Å². The van der Waals surface area contributed by atoms with Crippen LogP contribution in [0.15, 0.2) is 60.7 Å². The molecule has 4 aromatic rings. The molecule has 1 N–H and O–H groups in total. The van der Waals surface area contributed by atoms with Crippen LogP contribution in [0.4, 0.5) is 5.69 Å². The van der Waals surface area contributed by atoms with Gasteiger partial charge < -0.3 is 10.0 Å². The fraction of sp³-hybridized carbons (Fsp3) is 0.375. The Hall–Kier alpha value is -3.60. The summed E-state index contributed by atoms with van der Waals surface area (Å²) in [5.41, 5.74) is 7.14. The van der Waals surface area contributed by atoms with Crippen LogP contribution in [0.25, 0.3) is 27.8 Å². The molecule has 1 aromatic heterocycles. The third kappa shape index (κ3) is 4.87. The highest BCUT2D eigenvalue weighted by atomic mass is 16.4. The zero-order valence-electron chi connectivity index (χ0n) is 22.4. The van der Waals surface area contributed by atoms with Gasteiger partial charge in [-0.05, 0) is 72.6 Å². The SMILES string of the molecule is CCCCc1nc2ccc(N3CCCC(C)(C)C3)cc2n1-c1ccc(-c2ccccc2)c(C(=O)O)c1C. The Morgan fingerprint density at radius 2 is 1.86 bits per heavy atom. The number of rotatable bonds is 7. The number of aromatic carboxylic acids is 1. The average molecular weight is 496 g/mol. The Kier molecular flexibility index (Phi) is 6.80. The number of unbranched alkanes of at least 4 members (excludes halogenated alkanes) is 1. The van der Waals surface area contributed by atoms with Crippen LogP contribution in [0, 0.1) is 12.3 Å². The van der Waals surface area contributed by atoms with Crippen LogP contribution in [0.3, 0.4) is 0 Å². The van der Waals surface area contributed by atoms with Gasteiger partial charge in [0, 0.05) is 25.2 Å². The van der Waals surface area contributed by atoms with Gasteiger partial charge in [0.15, 0.2) is 0 Å². The van der Waals surface area contributed by atoms with E-state index in [-0.39, 0.29) is 0 Å². The smallest absolute Gasteiger partial charge is 0.336 e. The summed E-state index contributed by atoms with van der Waals surface area (Å²) in [7, 11) is 0. The third-order valence-electron chi connectivity index (χ3n) is 7.70. The second kappa shape index (κ2) is 10.0. The molecule has 5 heteroatoms. The summed E-state index contributed by atoms with van der Waals surface area (Å²) in [4.78, 5) is 20.1. The van der Waals surface area contributed by atoms with Crippen LogP contribution < -0.4 is 4.90 Å². The maximum atomic E-state index is 12.5. The number of imidazole rings is 1. The van der Waals surface area contributed by atoms with E-state index in [1.807, 2.05) is 43.3 Å². The number of aryl methyl sites for hydroxylation is 1. The number of fused-ring (bicyclic) bond motifs is 1. The quantitative estimate of drug-likeness (QED) is 0.286. The van der Waals surface area contributed by atoms with E-state index in [0.717, 1.165) is 71.6 Å². The number of hydrogen-bond donors (Lipinski definition) is 1. The second-order valence-electron chi connectivity index (χ2n) is 11.1. The summed E-state index contributed by atoms with van der Waals surface area (Å²) in [5, 5.41) is 10.3. The first-order valence-corrected chi connectivity index (χ1v) is 13.5. The normalized spacial score (nSPS) is 15.3. The van der Waals surface area contributed by atoms with Gasteiger partial charge in [-0.1, -0.05) is 63.6 Å². The van der Waals surface area contributed by atoms with Gasteiger partial charge in [0.2, 0.25) is 0 Å². The van der Waals surface area contributed by atoms with Crippen molar-refractivity contribution >= 4 is 22.7 Å². The molecule has 1 saturated heterocycles. The number of piperidine rings is 1. The molecule has 0 spiro atoms. The van der Waals surface area contributed by atoms with Crippen LogP contribution in [0.5, 0.6) is 0 Å². The Morgan fingerprint density at radius 1 is 1.08 bits per heavy atom. The predicted molar refractivity (Wildman–Crippen MR) is 152 cm³/mol. The van der Waals surface area contributed by atoms with Crippen molar-refractivity contribution in [3.05, 3.63) is 77.6 Å². The van der Waals surface area contributed by atoms with E-state index in [2.05, 4.69) is 54.5 Å². The van der Waals surface area contributed by atoms with Crippen LogP contribution in [0.2, 0.25) is 0 Å². The van der Waals surface area contributed by atoms with Gasteiger partial charge in [-0.2, -0.15) is 0 Å². The van der Waals surface area contributed by atoms with Gasteiger partial charge in [-0.15, -0.1) is 0 Å². The number of carboxylic acids is 1. The zero-order valence-corrected chi connectivity index (χ0v) is 22.4. The van der Waals surface area contributed by atoms with Gasteiger partial charge in [0.05, 0.1) is 22.3 Å². The van der Waals surface area contributed by atoms with Crippen molar-refractivity contribution in [3.8, 4) is 16.8 Å². The van der Waals surface area contributed by atoms with Crippen LogP contribution in [0.1, 0.15) is 68.2 Å². The standard InChI is InChI=1S/C32H37N3O2/c1-5-6-13-29-33-26-16-14-24(34-19-10-18-32(3,4)21-34)20-28(26)35(29)27-17-15-25(23-11-8-7-9-12-23)30(22(27)2)31(36)37/h7-9,11-12,14-17,20H,5-6,10,13,18-19,21H2,1-4H3,(H,36,37). The number of hydrogen-bond acceptors (Lipinski definition) is 3. The van der Waals surface area contributed by atoms with Crippen LogP contribution in [-0.4, -0.2) is 33.7 Å². The summed E-state index contributed by atoms with van der Waals surface area (Å²) < 4.78 is 2.21. The van der Waals surface area contributed by atoms with E-state index in [4.69, 9.17) is 4.98 Å². The van der Waals surface area contributed by atoms with Gasteiger partial charge in [0.25, 0.3) is 0 Å². The van der Waals surface area contributed by atoms with Crippen molar-refractivity contribution in [1.29, 1.82) is 0 Å². The van der Waals surface area contributed by atoms with Crippen molar-refractivity contribution in [2.45, 2.75) is 59.8 Å². The molecule has 0 atom stereocenters. The van der Waals surface area contributed by atoms with E-state index >= 15 is 0 Å². The molecule has 0 radical (unpaired) electrons. The Morgan fingerprint density at radius 3 is 2.57 bits per heavy atom. The molecule has 37 heavy (non-hydrogen) atoms. The number of anilines is 1. The number of nitrogens with zero attached hydrogens (tertiary/aromatic N) is 3. The van der Waals surface area contributed by atoms with E-state index < -0.39 is 5.97 Å². The summed E-state index contributed by atoms with van der Waals surface area (Å²) in [6.45, 7) is 10.9. The summed E-state index contributed by atoms with van der Waals surface area (Å²) >= 11 is 0. The number of carbonyl (C=O) groups is 1. The van der Waals surface area contributed by atoms with Gasteiger partial charge in [-0.25, -0.2) is 9.78 Å². The summed E-state index contributed by atoms with van der Waals surface area (Å²) in [6, 6.07) is 20.4. The lowest BCUT2D eigenvalue weighted by Gasteiger charge is -2.39. The molecular weight excluding hydrogens is 458 g/mol. The Bertz CT molecular complexity index is 1440. The largest absolute Gasteiger partial charge is 0.478 e. The highest BCUT2D eigenvalue weighted by molar-refractivity contribution is 5.99. The topological polar surface area (TPSA) is 58.4 Å². The zero-order chi connectivity index (χ0) is 26.2. The third-order valence-corrected chi connectivity index (χ3v) is 7.70. The van der Waals surface area contributed by atoms with Crippen molar-refractivity contribution in [2.75, 3.05) is 18.0 Å². The van der Waals surface area contributed by atoms with Gasteiger partial charge >= 0.3 is 5.97 Å². The highest BCUT2D eigenvalue weighted by Gasteiger charge is 2.27. The molecule has 0 amide bonds. The lowest BCUT2D eigenvalue weighted by Crippen LogP contribution is -2.40. The van der Waals surface area contributed by atoms with E-state index in [9.17, 15) is 9.90 Å². The monoisotopic (exact) mass is 495 g/mol. The van der Waals surface area contributed by atoms with E-state index in [1.54, 1.807) is 0 Å². The molecule has 0 bridgehead atoms. The summed E-state index contributed by atoms with van der Waals surface area (Å²) in [5.74, 6) is 0.0776. The summed E-state index contributed by atoms with van der Waals surface area (Å²) in [6.07, 6.45) is 5.39. The van der Waals surface area contributed by atoms with Gasteiger partial charge in [0.1, 0.15) is 5.82 Å². The maximum Gasteiger partial charge on any atom is 0.336 e. The molecule has 0 aliphatic carbocycles. The molecule has 3 aromatic carbocycles. The minimum Gasteiger partial charge on any atom is -0.478 e. The minimum atomic E-state index is -0.908. The first kappa shape index (κ1) is 25.1. The molecule has 1 fully saturated rings. The van der Waals surface area contributed by atoms with Crippen LogP contribution >= 0.6 is 0 Å². The molecule has 192 valence electrons. The lowest BCUT2D eigenvalue weighted by molar-refractivity contribution is 0.0697. The molecule has 5 rings (SSSR count). The van der Waals surface area contributed by atoms with Crippen molar-refractivity contribution in [2.24, 2.45) is 5.41 Å². The van der Waals surface area contributed by atoms with Gasteiger partial charge in [-0.3, -0.25) is 4.57 Å². The number of aromatic nitrogens is 2. The Labute approximate surface area is 219 Å². The first-order valence-electron chi connectivity index (χ1n) is 13.5. The highest BCUT2D eigenvalue weighted by Crippen LogP contribution is 2.36. The lowest BCUT2D eigenvalue weighted by atomic mass is 9.84. The maximum absolute atomic E-state index is 12.5. The van der Waals surface area contributed by atoms with Crippen molar-refractivity contribution in [1.82, 2.24) is 9.55 Å². The van der Waals surface area contributed by atoms with E-state index in [1.165, 1.54) is 18.5 Å². The minimum absolute atomic E-state index is 0.292. The molecule has 0 unspecified atom stereocenters. The number of carboxylic acid groups (broad SMARTS) is 1. The molecule has 1 aliphatic heterocycles. The van der Waals surface area contributed by atoms with Crippen molar-refractivity contribution in [3.63, 3.8) is 0 Å². The fourth-order valence-corrected chi connectivity index (χ4v) is 5.80. The molecule has 0 saturated carbocycles. The molecule has 2 heterocycles. The van der Waals surface area contributed by atoms with E-state index in [0.29, 0.717) is 11.0 Å². The fourth-order valence-electron chi connectivity index (χ4n) is 5.80. The van der Waals surface area contributed by atoms with Crippen molar-refractivity contribution < 1.29 is 9.90 Å². The predicted octanol–water partition coefficient (Wildman–Crippen LogP) is 7.67.